The quantitative estimate of drug-likeness (QED) is 0.668. The van der Waals surface area contributed by atoms with E-state index in [0.717, 1.165) is 12.8 Å². The van der Waals surface area contributed by atoms with E-state index in [1.54, 1.807) is 36.4 Å². The van der Waals surface area contributed by atoms with Crippen molar-refractivity contribution in [2.45, 2.75) is 12.8 Å². The van der Waals surface area contributed by atoms with Gasteiger partial charge in [0, 0.05) is 30.3 Å². The third kappa shape index (κ3) is 4.69. The van der Waals surface area contributed by atoms with Crippen LogP contribution in [0.25, 0.3) is 0 Å². The van der Waals surface area contributed by atoms with Crippen molar-refractivity contribution in [1.29, 1.82) is 0 Å². The number of nitrogens with one attached hydrogen (secondary N) is 3. The molecule has 7 nitrogen and oxygen atoms in total. The Morgan fingerprint density at radius 2 is 1.64 bits per heavy atom. The lowest BCUT2D eigenvalue weighted by Gasteiger charge is -2.08. The Bertz CT molecular complexity index is 749. The highest BCUT2D eigenvalue weighted by Gasteiger charge is 2.29. The Labute approximate surface area is 144 Å². The Hall–Kier alpha value is -3.09. The van der Waals surface area contributed by atoms with Gasteiger partial charge in [-0.1, -0.05) is 0 Å². The first-order chi connectivity index (χ1) is 12.1. The molecule has 7 heteroatoms. The number of amides is 3. The minimum atomic E-state index is -0.324. The first-order valence-electron chi connectivity index (χ1n) is 8.14. The van der Waals surface area contributed by atoms with Crippen molar-refractivity contribution in [2.24, 2.45) is 5.92 Å². The van der Waals surface area contributed by atoms with Gasteiger partial charge in [-0.3, -0.25) is 14.4 Å². The normalized spacial score (nSPS) is 13.1. The predicted molar refractivity (Wildman–Crippen MR) is 91.2 cm³/mol. The van der Waals surface area contributed by atoms with E-state index in [-0.39, 0.29) is 29.4 Å². The number of hydrogen-bond donors (Lipinski definition) is 3. The molecule has 0 atom stereocenters. The van der Waals surface area contributed by atoms with Crippen molar-refractivity contribution in [1.82, 2.24) is 10.6 Å². The van der Waals surface area contributed by atoms with Crippen LogP contribution in [0, 0.1) is 5.92 Å². The summed E-state index contributed by atoms with van der Waals surface area (Å²) in [5, 5.41) is 8.18. The smallest absolute Gasteiger partial charge is 0.287 e. The van der Waals surface area contributed by atoms with Crippen LogP contribution in [0.3, 0.4) is 0 Å². The van der Waals surface area contributed by atoms with Gasteiger partial charge in [0.15, 0.2) is 5.76 Å². The highest BCUT2D eigenvalue weighted by atomic mass is 16.3. The average Bonchev–Trinajstić information content (AvgIpc) is 3.33. The molecule has 3 amide bonds. The molecule has 130 valence electrons. The van der Waals surface area contributed by atoms with Crippen LogP contribution < -0.4 is 16.0 Å². The molecule has 1 aliphatic carbocycles. The van der Waals surface area contributed by atoms with Gasteiger partial charge >= 0.3 is 0 Å². The summed E-state index contributed by atoms with van der Waals surface area (Å²) in [4.78, 5) is 35.4. The van der Waals surface area contributed by atoms with Crippen LogP contribution in [0.5, 0.6) is 0 Å². The van der Waals surface area contributed by atoms with E-state index in [0.29, 0.717) is 24.3 Å². The predicted octanol–water partition coefficient (Wildman–Crippen LogP) is 1.79. The summed E-state index contributed by atoms with van der Waals surface area (Å²) in [6, 6.07) is 9.91. The Balaban J connectivity index is 1.40. The average molecular weight is 341 g/mol. The van der Waals surface area contributed by atoms with Crippen LogP contribution in [-0.4, -0.2) is 30.8 Å². The van der Waals surface area contributed by atoms with Gasteiger partial charge < -0.3 is 20.4 Å². The maximum absolute atomic E-state index is 12.0. The van der Waals surface area contributed by atoms with Crippen LogP contribution in [-0.2, 0) is 4.79 Å². The van der Waals surface area contributed by atoms with E-state index in [2.05, 4.69) is 16.0 Å². The summed E-state index contributed by atoms with van der Waals surface area (Å²) < 4.78 is 4.97. The zero-order valence-corrected chi connectivity index (χ0v) is 13.6. The number of benzene rings is 1. The van der Waals surface area contributed by atoms with Gasteiger partial charge in [-0.15, -0.1) is 0 Å². The molecule has 0 spiro atoms. The lowest BCUT2D eigenvalue weighted by atomic mass is 10.2. The summed E-state index contributed by atoms with van der Waals surface area (Å²) in [5.74, 6) is -0.165. The fraction of sp³-hybridized carbons (Fsp3) is 0.278. The lowest BCUT2D eigenvalue weighted by Crippen LogP contribution is -2.34. The molecule has 1 aromatic heterocycles. The van der Waals surface area contributed by atoms with Crippen molar-refractivity contribution >= 4 is 23.4 Å². The highest BCUT2D eigenvalue weighted by Crippen LogP contribution is 2.30. The minimum Gasteiger partial charge on any atom is -0.459 e. The first-order valence-corrected chi connectivity index (χ1v) is 8.14. The monoisotopic (exact) mass is 341 g/mol. The van der Waals surface area contributed by atoms with Gasteiger partial charge in [-0.05, 0) is 49.2 Å². The van der Waals surface area contributed by atoms with Gasteiger partial charge in [0.2, 0.25) is 5.91 Å². The Kier molecular flexibility index (Phi) is 5.13. The number of carbonyl (C=O) groups excluding carboxylic acids is 3. The third-order valence-corrected chi connectivity index (χ3v) is 3.80. The fourth-order valence-electron chi connectivity index (χ4n) is 2.24. The zero-order chi connectivity index (χ0) is 17.6. The summed E-state index contributed by atoms with van der Waals surface area (Å²) in [5.41, 5.74) is 1.17. The first kappa shape index (κ1) is 16.8. The molecule has 0 saturated heterocycles. The van der Waals surface area contributed by atoms with Crippen LogP contribution in [0.15, 0.2) is 47.1 Å². The Morgan fingerprint density at radius 3 is 2.24 bits per heavy atom. The molecule has 3 rings (SSSR count). The molecule has 0 radical (unpaired) electrons. The minimum absolute atomic E-state index is 0.0319. The fourth-order valence-corrected chi connectivity index (χ4v) is 2.24. The van der Waals surface area contributed by atoms with Crippen molar-refractivity contribution < 1.29 is 18.8 Å². The highest BCUT2D eigenvalue weighted by molar-refractivity contribution is 5.97. The van der Waals surface area contributed by atoms with E-state index < -0.39 is 0 Å². The van der Waals surface area contributed by atoms with Crippen LogP contribution >= 0.6 is 0 Å². The molecule has 1 fully saturated rings. The van der Waals surface area contributed by atoms with Gasteiger partial charge in [0.1, 0.15) is 0 Å². The molecular weight excluding hydrogens is 322 g/mol. The molecule has 0 aliphatic heterocycles. The molecule has 1 saturated carbocycles. The second-order valence-corrected chi connectivity index (χ2v) is 5.83. The van der Waals surface area contributed by atoms with Gasteiger partial charge in [-0.2, -0.15) is 0 Å². The number of hydrogen-bond acceptors (Lipinski definition) is 4. The summed E-state index contributed by atoms with van der Waals surface area (Å²) in [6.45, 7) is 0.590. The number of carbonyl (C=O) groups is 3. The second kappa shape index (κ2) is 7.65. The molecule has 0 unspecified atom stereocenters. The summed E-state index contributed by atoms with van der Waals surface area (Å²) in [7, 11) is 0. The molecule has 1 aromatic carbocycles. The van der Waals surface area contributed by atoms with Crippen molar-refractivity contribution in [2.75, 3.05) is 18.4 Å². The Morgan fingerprint density at radius 1 is 0.960 bits per heavy atom. The van der Waals surface area contributed by atoms with E-state index in [1.165, 1.54) is 6.26 Å². The number of rotatable bonds is 7. The van der Waals surface area contributed by atoms with Gasteiger partial charge in [0.25, 0.3) is 11.8 Å². The summed E-state index contributed by atoms with van der Waals surface area (Å²) in [6.07, 6.45) is 3.32. The van der Waals surface area contributed by atoms with Crippen LogP contribution in [0.4, 0.5) is 5.69 Å². The molecule has 3 N–H and O–H groups in total. The largest absolute Gasteiger partial charge is 0.459 e. The van der Waals surface area contributed by atoms with E-state index >= 15 is 0 Å². The molecular formula is C18H19N3O4. The topological polar surface area (TPSA) is 100 Å². The van der Waals surface area contributed by atoms with E-state index in [4.69, 9.17) is 4.42 Å². The maximum atomic E-state index is 12.0. The SMILES string of the molecule is O=C(NCCNC(=O)c1ccco1)c1ccc(NC(=O)C2CC2)cc1. The van der Waals surface area contributed by atoms with Crippen molar-refractivity contribution in [3.63, 3.8) is 0 Å². The third-order valence-electron chi connectivity index (χ3n) is 3.80. The zero-order valence-electron chi connectivity index (χ0n) is 13.6. The van der Waals surface area contributed by atoms with E-state index in [9.17, 15) is 14.4 Å². The summed E-state index contributed by atoms with van der Waals surface area (Å²) >= 11 is 0. The lowest BCUT2D eigenvalue weighted by molar-refractivity contribution is -0.117. The number of furan rings is 1. The molecule has 1 aliphatic rings. The van der Waals surface area contributed by atoms with Crippen molar-refractivity contribution in [3.8, 4) is 0 Å². The van der Waals surface area contributed by atoms with Gasteiger partial charge in [0.05, 0.1) is 6.26 Å². The van der Waals surface area contributed by atoms with Crippen LogP contribution in [0.1, 0.15) is 33.8 Å². The van der Waals surface area contributed by atoms with E-state index in [1.807, 2.05) is 0 Å². The molecule has 25 heavy (non-hydrogen) atoms. The van der Waals surface area contributed by atoms with Crippen molar-refractivity contribution in [3.05, 3.63) is 54.0 Å². The molecule has 2 aromatic rings. The maximum Gasteiger partial charge on any atom is 0.287 e. The second-order valence-electron chi connectivity index (χ2n) is 5.83. The van der Waals surface area contributed by atoms with Crippen LogP contribution in [0.2, 0.25) is 0 Å². The number of anilines is 1. The van der Waals surface area contributed by atoms with Gasteiger partial charge in [-0.25, -0.2) is 0 Å². The molecule has 0 bridgehead atoms. The molecule has 1 heterocycles. The standard InChI is InChI=1S/C18H19N3O4/c22-16(19-9-10-20-18(24)15-2-1-11-25-15)12-5-7-14(8-6-12)21-17(23)13-3-4-13/h1-2,5-8,11,13H,3-4,9-10H2,(H,19,22)(H,20,24)(H,21,23).